The van der Waals surface area contributed by atoms with Crippen LogP contribution in [0.15, 0.2) is 36.7 Å². The number of hydrazine groups is 1. The van der Waals surface area contributed by atoms with Crippen LogP contribution in [0.4, 0.5) is 11.6 Å². The summed E-state index contributed by atoms with van der Waals surface area (Å²) in [6.45, 7) is 2.86. The molecule has 0 amide bonds. The van der Waals surface area contributed by atoms with Gasteiger partial charge in [0.15, 0.2) is 5.82 Å². The molecule has 0 aliphatic carbocycles. The largest absolute Gasteiger partial charge is 0.354 e. The molecule has 1 aromatic heterocycles. The molecule has 2 aromatic rings. The van der Waals surface area contributed by atoms with Crippen LogP contribution >= 0.6 is 0 Å². The smallest absolute Gasteiger partial charge is 0.160 e. The Morgan fingerprint density at radius 2 is 1.94 bits per heavy atom. The summed E-state index contributed by atoms with van der Waals surface area (Å²) in [5.41, 5.74) is 4.99. The highest BCUT2D eigenvalue weighted by Gasteiger charge is 2.04. The van der Waals surface area contributed by atoms with E-state index >= 15 is 0 Å². The van der Waals surface area contributed by atoms with Gasteiger partial charge in [-0.15, -0.1) is 0 Å². The molecule has 0 saturated carbocycles. The van der Waals surface area contributed by atoms with Crippen LogP contribution in [0.5, 0.6) is 0 Å². The molecule has 0 fully saturated rings. The number of nitrogen functional groups attached to an aromatic ring is 1. The van der Waals surface area contributed by atoms with E-state index in [1.165, 1.54) is 11.1 Å². The molecule has 0 atom stereocenters. The van der Waals surface area contributed by atoms with Crippen molar-refractivity contribution < 1.29 is 0 Å². The van der Waals surface area contributed by atoms with Crippen molar-refractivity contribution in [3.05, 3.63) is 47.8 Å². The Kier molecular flexibility index (Phi) is 3.74. The highest BCUT2D eigenvalue weighted by atomic mass is 15.3. The first-order valence-electron chi connectivity index (χ1n) is 5.74. The molecule has 0 radical (unpaired) electrons. The summed E-state index contributed by atoms with van der Waals surface area (Å²) in [7, 11) is 1.98. The van der Waals surface area contributed by atoms with Gasteiger partial charge in [0.1, 0.15) is 5.82 Å². The second-order valence-electron chi connectivity index (χ2n) is 4.25. The lowest BCUT2D eigenvalue weighted by Gasteiger charge is -2.18. The zero-order chi connectivity index (χ0) is 13.0. The van der Waals surface area contributed by atoms with Crippen molar-refractivity contribution in [2.45, 2.75) is 13.5 Å². The Morgan fingerprint density at radius 3 is 2.61 bits per heavy atom. The van der Waals surface area contributed by atoms with E-state index in [1.54, 1.807) is 12.4 Å². The molecule has 0 saturated heterocycles. The lowest BCUT2D eigenvalue weighted by Crippen LogP contribution is -2.19. The minimum atomic E-state index is 0.559. The zero-order valence-electron chi connectivity index (χ0n) is 10.6. The number of aryl methyl sites for hydroxylation is 1. The number of nitrogens with two attached hydrogens (primary N) is 1. The van der Waals surface area contributed by atoms with Crippen molar-refractivity contribution in [1.29, 1.82) is 0 Å². The molecule has 0 unspecified atom stereocenters. The molecule has 0 aliphatic heterocycles. The van der Waals surface area contributed by atoms with Gasteiger partial charge in [-0.25, -0.2) is 10.8 Å². The Bertz CT molecular complexity index is 509. The van der Waals surface area contributed by atoms with Gasteiger partial charge in [0, 0.05) is 13.6 Å². The number of hydrogen-bond donors (Lipinski definition) is 2. The zero-order valence-corrected chi connectivity index (χ0v) is 10.6. The maximum atomic E-state index is 5.32. The maximum absolute atomic E-state index is 5.32. The Labute approximate surface area is 107 Å². The topological polar surface area (TPSA) is 67.1 Å². The summed E-state index contributed by atoms with van der Waals surface area (Å²) in [6.07, 6.45) is 3.30. The van der Waals surface area contributed by atoms with Gasteiger partial charge < -0.3 is 10.3 Å². The molecule has 3 N–H and O–H groups in total. The van der Waals surface area contributed by atoms with Crippen LogP contribution in [0.1, 0.15) is 11.1 Å². The van der Waals surface area contributed by atoms with Crippen LogP contribution < -0.4 is 16.2 Å². The van der Waals surface area contributed by atoms with E-state index in [0.717, 1.165) is 12.4 Å². The molecular formula is C13H17N5. The fourth-order valence-corrected chi connectivity index (χ4v) is 1.66. The molecule has 0 spiro atoms. The molecule has 94 valence electrons. The van der Waals surface area contributed by atoms with Crippen LogP contribution in [0, 0.1) is 6.92 Å². The highest BCUT2D eigenvalue weighted by Crippen LogP contribution is 2.13. The normalized spacial score (nSPS) is 10.2. The van der Waals surface area contributed by atoms with Gasteiger partial charge >= 0.3 is 0 Å². The van der Waals surface area contributed by atoms with Gasteiger partial charge in [-0.3, -0.25) is 4.98 Å². The summed E-state index contributed by atoms with van der Waals surface area (Å²) >= 11 is 0. The van der Waals surface area contributed by atoms with Crippen LogP contribution in [-0.4, -0.2) is 17.0 Å². The van der Waals surface area contributed by atoms with E-state index in [0.29, 0.717) is 5.82 Å². The maximum Gasteiger partial charge on any atom is 0.160 e. The van der Waals surface area contributed by atoms with Gasteiger partial charge in [0.25, 0.3) is 0 Å². The molecule has 1 heterocycles. The first-order chi connectivity index (χ1) is 8.69. The molecule has 0 bridgehead atoms. The van der Waals surface area contributed by atoms with Gasteiger partial charge in [-0.2, -0.15) is 0 Å². The van der Waals surface area contributed by atoms with Crippen molar-refractivity contribution in [3.63, 3.8) is 0 Å². The second-order valence-corrected chi connectivity index (χ2v) is 4.25. The van der Waals surface area contributed by atoms with Crippen LogP contribution in [0.25, 0.3) is 0 Å². The van der Waals surface area contributed by atoms with Crippen LogP contribution in [-0.2, 0) is 6.54 Å². The van der Waals surface area contributed by atoms with Crippen molar-refractivity contribution in [3.8, 4) is 0 Å². The third kappa shape index (κ3) is 2.95. The van der Waals surface area contributed by atoms with Gasteiger partial charge in [-0.05, 0) is 12.5 Å². The number of rotatable bonds is 4. The first kappa shape index (κ1) is 12.3. The van der Waals surface area contributed by atoms with Gasteiger partial charge in [0.2, 0.25) is 0 Å². The lowest BCUT2D eigenvalue weighted by molar-refractivity contribution is 0.889. The average molecular weight is 243 g/mol. The van der Waals surface area contributed by atoms with Crippen molar-refractivity contribution in [2.75, 3.05) is 17.4 Å². The standard InChI is InChI=1S/C13H17N5/c1-10-3-5-11(6-4-10)9-18(2)13-8-15-7-12(16-13)17-14/h3-8H,9,14H2,1-2H3,(H,16,17). The quantitative estimate of drug-likeness (QED) is 0.632. The van der Waals surface area contributed by atoms with E-state index in [4.69, 9.17) is 5.84 Å². The molecule has 1 aromatic carbocycles. The number of benzene rings is 1. The number of anilines is 2. The van der Waals surface area contributed by atoms with Crippen molar-refractivity contribution in [1.82, 2.24) is 9.97 Å². The van der Waals surface area contributed by atoms with E-state index in [2.05, 4.69) is 46.6 Å². The summed E-state index contributed by atoms with van der Waals surface area (Å²) < 4.78 is 0. The monoisotopic (exact) mass is 243 g/mol. The fraction of sp³-hybridized carbons (Fsp3) is 0.231. The predicted molar refractivity (Wildman–Crippen MR) is 73.1 cm³/mol. The molecular weight excluding hydrogens is 226 g/mol. The Balaban J connectivity index is 2.11. The number of hydrogen-bond acceptors (Lipinski definition) is 5. The summed E-state index contributed by atoms with van der Waals surface area (Å²) in [6, 6.07) is 8.44. The van der Waals surface area contributed by atoms with E-state index < -0.39 is 0 Å². The summed E-state index contributed by atoms with van der Waals surface area (Å²) in [5.74, 6) is 6.66. The summed E-state index contributed by atoms with van der Waals surface area (Å²) in [5, 5.41) is 0. The van der Waals surface area contributed by atoms with Gasteiger partial charge in [0.05, 0.1) is 12.4 Å². The number of nitrogens with one attached hydrogen (secondary N) is 1. The Hall–Kier alpha value is -2.14. The molecule has 2 rings (SSSR count). The predicted octanol–water partition coefficient (Wildman–Crippen LogP) is 1.71. The molecule has 0 aliphatic rings. The third-order valence-corrected chi connectivity index (χ3v) is 2.70. The van der Waals surface area contributed by atoms with Crippen molar-refractivity contribution >= 4 is 11.6 Å². The Morgan fingerprint density at radius 1 is 1.22 bits per heavy atom. The SMILES string of the molecule is Cc1ccc(CN(C)c2cncc(NN)n2)cc1. The minimum absolute atomic E-state index is 0.559. The van der Waals surface area contributed by atoms with Crippen molar-refractivity contribution in [2.24, 2.45) is 5.84 Å². The number of nitrogens with zero attached hydrogens (tertiary/aromatic N) is 3. The number of aromatic nitrogens is 2. The van der Waals surface area contributed by atoms with Gasteiger partial charge in [-0.1, -0.05) is 29.8 Å². The summed E-state index contributed by atoms with van der Waals surface area (Å²) in [4.78, 5) is 10.4. The first-order valence-corrected chi connectivity index (χ1v) is 5.74. The van der Waals surface area contributed by atoms with Crippen LogP contribution in [0.2, 0.25) is 0 Å². The van der Waals surface area contributed by atoms with E-state index in [-0.39, 0.29) is 0 Å². The third-order valence-electron chi connectivity index (χ3n) is 2.70. The second kappa shape index (κ2) is 5.46. The highest BCUT2D eigenvalue weighted by molar-refractivity contribution is 5.43. The molecule has 5 heteroatoms. The molecule has 18 heavy (non-hydrogen) atoms. The minimum Gasteiger partial charge on any atom is -0.354 e. The van der Waals surface area contributed by atoms with E-state index in [9.17, 15) is 0 Å². The molecule has 5 nitrogen and oxygen atoms in total. The van der Waals surface area contributed by atoms with E-state index in [1.807, 2.05) is 11.9 Å². The van der Waals surface area contributed by atoms with Crippen LogP contribution in [0.3, 0.4) is 0 Å². The average Bonchev–Trinajstić information content (AvgIpc) is 2.41. The fourth-order valence-electron chi connectivity index (χ4n) is 1.66. The lowest BCUT2D eigenvalue weighted by atomic mass is 10.1.